The van der Waals surface area contributed by atoms with E-state index in [-0.39, 0.29) is 11.9 Å². The lowest BCUT2D eigenvalue weighted by molar-refractivity contribution is -0.130. The highest BCUT2D eigenvalue weighted by Gasteiger charge is 2.16. The largest absolute Gasteiger partial charge is 0.341 e. The maximum Gasteiger partial charge on any atom is 0.319 e. The van der Waals surface area contributed by atoms with Gasteiger partial charge in [0.05, 0.1) is 6.42 Å². The second kappa shape index (κ2) is 12.7. The van der Waals surface area contributed by atoms with E-state index in [4.69, 9.17) is 0 Å². The van der Waals surface area contributed by atoms with Crippen LogP contribution >= 0.6 is 11.8 Å². The Morgan fingerprint density at radius 1 is 1.03 bits per heavy atom. The van der Waals surface area contributed by atoms with Crippen molar-refractivity contribution in [3.05, 3.63) is 29.8 Å². The van der Waals surface area contributed by atoms with Gasteiger partial charge in [0.25, 0.3) is 0 Å². The number of amides is 3. The minimum absolute atomic E-state index is 0.180. The summed E-state index contributed by atoms with van der Waals surface area (Å²) in [6.45, 7) is 5.32. The summed E-state index contributed by atoms with van der Waals surface area (Å²) in [6.07, 6.45) is 1.33. The van der Waals surface area contributed by atoms with E-state index in [1.807, 2.05) is 40.9 Å². The lowest BCUT2D eigenvalue weighted by Gasteiger charge is -2.26. The molecule has 162 valence electrons. The van der Waals surface area contributed by atoms with Gasteiger partial charge >= 0.3 is 6.03 Å². The summed E-state index contributed by atoms with van der Waals surface area (Å²) in [5.74, 6) is 2.23. The number of thioether (sulfide) groups is 1. The fraction of sp³-hybridized carbons (Fsp3) is 0.619. The molecule has 0 atom stereocenters. The van der Waals surface area contributed by atoms with Gasteiger partial charge in [0, 0.05) is 49.9 Å². The molecule has 1 fully saturated rings. The first-order chi connectivity index (χ1) is 13.9. The van der Waals surface area contributed by atoms with Crippen molar-refractivity contribution in [2.45, 2.75) is 12.8 Å². The Morgan fingerprint density at radius 2 is 1.72 bits per heavy atom. The highest BCUT2D eigenvalue weighted by atomic mass is 32.2. The molecule has 0 unspecified atom stereocenters. The van der Waals surface area contributed by atoms with Crippen molar-refractivity contribution < 1.29 is 9.59 Å². The Morgan fingerprint density at radius 3 is 2.38 bits per heavy atom. The fourth-order valence-corrected chi connectivity index (χ4v) is 3.92. The molecule has 0 saturated carbocycles. The quantitative estimate of drug-likeness (QED) is 0.564. The number of anilines is 1. The maximum absolute atomic E-state index is 12.3. The van der Waals surface area contributed by atoms with Crippen LogP contribution in [0.3, 0.4) is 0 Å². The fourth-order valence-electron chi connectivity index (χ4n) is 3.01. The number of hydrogen-bond donors (Lipinski definition) is 2. The van der Waals surface area contributed by atoms with Crippen LogP contribution in [0.15, 0.2) is 24.3 Å². The smallest absolute Gasteiger partial charge is 0.319 e. The van der Waals surface area contributed by atoms with Gasteiger partial charge < -0.3 is 25.3 Å². The van der Waals surface area contributed by atoms with E-state index in [0.717, 1.165) is 61.9 Å². The molecule has 0 aromatic heterocycles. The topological polar surface area (TPSA) is 67.9 Å². The average molecular weight is 422 g/mol. The molecular weight excluding hydrogens is 386 g/mol. The molecule has 29 heavy (non-hydrogen) atoms. The second-order valence-corrected chi connectivity index (χ2v) is 8.93. The molecule has 1 aromatic carbocycles. The highest BCUT2D eigenvalue weighted by Crippen LogP contribution is 2.13. The van der Waals surface area contributed by atoms with Gasteiger partial charge in [0.1, 0.15) is 0 Å². The first-order valence-electron chi connectivity index (χ1n) is 10.3. The van der Waals surface area contributed by atoms with Gasteiger partial charge in [-0.15, -0.1) is 0 Å². The minimum atomic E-state index is -0.199. The van der Waals surface area contributed by atoms with E-state index in [2.05, 4.69) is 41.6 Å². The van der Waals surface area contributed by atoms with Crippen molar-refractivity contribution in [1.82, 2.24) is 20.0 Å². The molecule has 1 aromatic rings. The van der Waals surface area contributed by atoms with Gasteiger partial charge in [0.15, 0.2) is 0 Å². The van der Waals surface area contributed by atoms with Gasteiger partial charge in [-0.25, -0.2) is 4.79 Å². The van der Waals surface area contributed by atoms with Crippen molar-refractivity contribution in [1.29, 1.82) is 0 Å². The molecule has 1 heterocycles. The van der Waals surface area contributed by atoms with E-state index in [1.165, 1.54) is 0 Å². The zero-order valence-corrected chi connectivity index (χ0v) is 18.8. The summed E-state index contributed by atoms with van der Waals surface area (Å²) in [5, 5.41) is 5.74. The van der Waals surface area contributed by atoms with E-state index in [9.17, 15) is 9.59 Å². The molecule has 1 saturated heterocycles. The number of nitrogens with zero attached hydrogens (tertiary/aromatic N) is 3. The Bertz CT molecular complexity index is 632. The van der Waals surface area contributed by atoms with Crippen LogP contribution in [0.4, 0.5) is 10.5 Å². The number of carbonyl (C=O) groups is 2. The first-order valence-corrected chi connectivity index (χ1v) is 11.4. The van der Waals surface area contributed by atoms with Crippen LogP contribution < -0.4 is 10.6 Å². The molecule has 0 radical (unpaired) electrons. The van der Waals surface area contributed by atoms with Crippen LogP contribution in [0.1, 0.15) is 12.0 Å². The van der Waals surface area contributed by atoms with Gasteiger partial charge in [-0.05, 0) is 51.8 Å². The third-order valence-corrected chi connectivity index (χ3v) is 5.80. The molecular formula is C21H35N5O2S. The Kier molecular flexibility index (Phi) is 10.3. The summed E-state index contributed by atoms with van der Waals surface area (Å²) in [7, 11) is 6.23. The molecule has 1 aliphatic rings. The summed E-state index contributed by atoms with van der Waals surface area (Å²) in [5.41, 5.74) is 1.70. The lowest BCUT2D eigenvalue weighted by Crippen LogP contribution is -2.38. The minimum Gasteiger partial charge on any atom is -0.341 e. The molecule has 1 aliphatic heterocycles. The average Bonchev–Trinajstić information content (AvgIpc) is 2.71. The van der Waals surface area contributed by atoms with Crippen molar-refractivity contribution in [3.63, 3.8) is 0 Å². The van der Waals surface area contributed by atoms with Crippen LogP contribution in [-0.4, -0.2) is 98.6 Å². The van der Waals surface area contributed by atoms with Gasteiger partial charge in [0.2, 0.25) is 5.91 Å². The SMILES string of the molecule is CN(C)CCN(C)CCCNC(=O)Nc1ccc(CC(=O)N2CCSCC2)cc1. The summed E-state index contributed by atoms with van der Waals surface area (Å²) < 4.78 is 0. The predicted octanol–water partition coefficient (Wildman–Crippen LogP) is 1.81. The summed E-state index contributed by atoms with van der Waals surface area (Å²) in [6, 6.07) is 7.32. The molecule has 0 aliphatic carbocycles. The number of rotatable bonds is 10. The molecule has 0 bridgehead atoms. The van der Waals surface area contributed by atoms with Crippen LogP contribution in [0, 0.1) is 0 Å². The van der Waals surface area contributed by atoms with Crippen LogP contribution in [0.5, 0.6) is 0 Å². The van der Waals surface area contributed by atoms with Crippen molar-refractivity contribution in [3.8, 4) is 0 Å². The van der Waals surface area contributed by atoms with Crippen LogP contribution in [0.2, 0.25) is 0 Å². The van der Waals surface area contributed by atoms with Crippen LogP contribution in [-0.2, 0) is 11.2 Å². The van der Waals surface area contributed by atoms with Crippen molar-refractivity contribution >= 4 is 29.4 Å². The maximum atomic E-state index is 12.3. The number of carbonyl (C=O) groups excluding carboxylic acids is 2. The molecule has 3 amide bonds. The van der Waals surface area contributed by atoms with E-state index >= 15 is 0 Å². The van der Waals surface area contributed by atoms with E-state index in [0.29, 0.717) is 13.0 Å². The zero-order valence-electron chi connectivity index (χ0n) is 17.9. The molecule has 2 rings (SSSR count). The van der Waals surface area contributed by atoms with Crippen molar-refractivity contribution in [2.24, 2.45) is 0 Å². The monoisotopic (exact) mass is 421 g/mol. The molecule has 7 nitrogen and oxygen atoms in total. The standard InChI is InChI=1S/C21H35N5O2S/c1-24(2)11-12-25(3)10-4-9-22-21(28)23-19-7-5-18(6-8-19)17-20(27)26-13-15-29-16-14-26/h5-8H,4,9-17H2,1-3H3,(H2,22,23,28). The number of nitrogens with one attached hydrogen (secondary N) is 2. The van der Waals surface area contributed by atoms with Gasteiger partial charge in [-0.1, -0.05) is 12.1 Å². The third-order valence-electron chi connectivity index (χ3n) is 4.86. The normalized spacial score (nSPS) is 14.3. The van der Waals surface area contributed by atoms with Gasteiger partial charge in [-0.2, -0.15) is 11.8 Å². The number of benzene rings is 1. The predicted molar refractivity (Wildman–Crippen MR) is 122 cm³/mol. The summed E-state index contributed by atoms with van der Waals surface area (Å²) in [4.78, 5) is 30.7. The van der Waals surface area contributed by atoms with E-state index in [1.54, 1.807) is 0 Å². The second-order valence-electron chi connectivity index (χ2n) is 7.71. The Labute approximate surface area is 179 Å². The number of urea groups is 1. The Balaban J connectivity index is 1.64. The summed E-state index contributed by atoms with van der Waals surface area (Å²) >= 11 is 1.90. The van der Waals surface area contributed by atoms with Crippen LogP contribution in [0.25, 0.3) is 0 Å². The highest BCUT2D eigenvalue weighted by molar-refractivity contribution is 7.99. The number of likely N-dealkylation sites (N-methyl/N-ethyl adjacent to an activating group) is 2. The van der Waals surface area contributed by atoms with Gasteiger partial charge in [-0.3, -0.25) is 4.79 Å². The van der Waals surface area contributed by atoms with Crippen molar-refractivity contribution in [2.75, 3.05) is 77.2 Å². The Hall–Kier alpha value is -1.77. The molecule has 8 heteroatoms. The third kappa shape index (κ3) is 9.51. The van der Waals surface area contributed by atoms with E-state index < -0.39 is 0 Å². The molecule has 2 N–H and O–H groups in total. The zero-order chi connectivity index (χ0) is 21.1. The lowest BCUT2D eigenvalue weighted by atomic mass is 10.1. The molecule has 0 spiro atoms. The first kappa shape index (κ1) is 23.5. The number of hydrogen-bond acceptors (Lipinski definition) is 5.